The lowest BCUT2D eigenvalue weighted by Gasteiger charge is -1.97. The summed E-state index contributed by atoms with van der Waals surface area (Å²) in [6, 6.07) is 7.52. The van der Waals surface area contributed by atoms with E-state index in [1.54, 1.807) is 10.8 Å². The molecule has 2 rings (SSSR count). The lowest BCUT2D eigenvalue weighted by atomic mass is 10.1. The molecule has 0 aliphatic heterocycles. The van der Waals surface area contributed by atoms with Gasteiger partial charge in [0, 0.05) is 29.8 Å². The summed E-state index contributed by atoms with van der Waals surface area (Å²) in [6.45, 7) is 0.301. The van der Waals surface area contributed by atoms with Crippen molar-refractivity contribution in [1.82, 2.24) is 4.57 Å². The molecule has 88 valence electrons. The zero-order valence-electron chi connectivity index (χ0n) is 9.55. The third-order valence-electron chi connectivity index (χ3n) is 2.64. The van der Waals surface area contributed by atoms with E-state index < -0.39 is 0 Å². The third kappa shape index (κ3) is 2.12. The number of nitrogens with zero attached hydrogens (tertiary/aromatic N) is 1. The molecule has 0 aliphatic rings. The summed E-state index contributed by atoms with van der Waals surface area (Å²) in [6.07, 6.45) is 2.53. The van der Waals surface area contributed by atoms with E-state index in [1.807, 2.05) is 24.3 Å². The summed E-state index contributed by atoms with van der Waals surface area (Å²) >= 11 is 0. The average Bonchev–Trinajstić information content (AvgIpc) is 2.70. The molecular formula is C13H13NO3. The fourth-order valence-electron chi connectivity index (χ4n) is 1.91. The van der Waals surface area contributed by atoms with Gasteiger partial charge in [-0.3, -0.25) is 4.79 Å². The first-order valence-corrected chi connectivity index (χ1v) is 5.31. The molecule has 0 fully saturated rings. The minimum atomic E-state index is -0.0756. The third-order valence-corrected chi connectivity index (χ3v) is 2.64. The molecule has 0 saturated carbocycles. The van der Waals surface area contributed by atoms with Crippen LogP contribution in [-0.4, -0.2) is 30.4 Å². The Labute approximate surface area is 98.8 Å². The molecule has 0 N–H and O–H groups in total. The standard InChI is InChI=1S/C13H13NO3/c1-17-9-13(16)11-8-14(6-7-15)12-5-3-2-4-10(11)12/h2-5,7-8H,6,9H2,1H3. The minimum absolute atomic E-state index is 0.0507. The van der Waals surface area contributed by atoms with Gasteiger partial charge in [0.05, 0.1) is 6.54 Å². The number of ketones is 1. The Bertz CT molecular complexity index is 557. The summed E-state index contributed by atoms with van der Waals surface area (Å²) < 4.78 is 6.62. The SMILES string of the molecule is COCC(=O)c1cn(CC=O)c2ccccc12. The highest BCUT2D eigenvalue weighted by Crippen LogP contribution is 2.21. The molecule has 2 aromatic rings. The second-order valence-corrected chi connectivity index (χ2v) is 3.74. The van der Waals surface area contributed by atoms with Crippen molar-refractivity contribution in [3.63, 3.8) is 0 Å². The van der Waals surface area contributed by atoms with Gasteiger partial charge < -0.3 is 14.1 Å². The number of hydrogen-bond acceptors (Lipinski definition) is 3. The number of rotatable bonds is 5. The highest BCUT2D eigenvalue weighted by molar-refractivity contribution is 6.08. The van der Waals surface area contributed by atoms with Crippen LogP contribution in [0.15, 0.2) is 30.5 Å². The van der Waals surface area contributed by atoms with Crippen molar-refractivity contribution in [3.05, 3.63) is 36.0 Å². The monoisotopic (exact) mass is 231 g/mol. The molecule has 1 aromatic heterocycles. The Morgan fingerprint density at radius 2 is 2.18 bits per heavy atom. The van der Waals surface area contributed by atoms with Crippen LogP contribution >= 0.6 is 0 Å². The topological polar surface area (TPSA) is 48.3 Å². The first-order valence-electron chi connectivity index (χ1n) is 5.31. The normalized spacial score (nSPS) is 10.6. The Morgan fingerprint density at radius 1 is 1.41 bits per heavy atom. The number of ether oxygens (including phenoxy) is 1. The summed E-state index contributed by atoms with van der Waals surface area (Å²) in [5.74, 6) is -0.0756. The lowest BCUT2D eigenvalue weighted by Crippen LogP contribution is -2.06. The van der Waals surface area contributed by atoms with Crippen molar-refractivity contribution in [3.8, 4) is 0 Å². The Hall–Kier alpha value is -1.94. The molecule has 4 nitrogen and oxygen atoms in total. The van der Waals surface area contributed by atoms with Gasteiger partial charge >= 0.3 is 0 Å². The Kier molecular flexibility index (Phi) is 3.35. The number of aldehydes is 1. The zero-order valence-corrected chi connectivity index (χ0v) is 9.55. The number of carbonyl (C=O) groups is 2. The highest BCUT2D eigenvalue weighted by Gasteiger charge is 2.13. The fourth-order valence-corrected chi connectivity index (χ4v) is 1.91. The Morgan fingerprint density at radius 3 is 2.88 bits per heavy atom. The molecule has 1 heterocycles. The van der Waals surface area contributed by atoms with Gasteiger partial charge in [-0.1, -0.05) is 18.2 Å². The quantitative estimate of drug-likeness (QED) is 0.581. The minimum Gasteiger partial charge on any atom is -0.377 e. The highest BCUT2D eigenvalue weighted by atomic mass is 16.5. The first-order chi connectivity index (χ1) is 8.27. The molecule has 0 aliphatic carbocycles. The van der Waals surface area contributed by atoms with Gasteiger partial charge in [0.15, 0.2) is 5.78 Å². The second kappa shape index (κ2) is 4.93. The maximum absolute atomic E-state index is 11.8. The summed E-state index contributed by atoms with van der Waals surface area (Å²) in [7, 11) is 1.49. The first kappa shape index (κ1) is 11.5. The summed E-state index contributed by atoms with van der Waals surface area (Å²) in [5.41, 5.74) is 1.49. The molecule has 0 amide bonds. The van der Waals surface area contributed by atoms with Gasteiger partial charge in [-0.15, -0.1) is 0 Å². The van der Waals surface area contributed by atoms with E-state index in [4.69, 9.17) is 4.74 Å². The number of methoxy groups -OCH3 is 1. The molecule has 4 heteroatoms. The molecular weight excluding hydrogens is 218 g/mol. The number of para-hydroxylation sites is 1. The number of hydrogen-bond donors (Lipinski definition) is 0. The molecule has 0 unspecified atom stereocenters. The number of carbonyl (C=O) groups excluding carboxylic acids is 2. The summed E-state index contributed by atoms with van der Waals surface area (Å²) in [5, 5.41) is 0.858. The average molecular weight is 231 g/mol. The molecule has 1 aromatic carbocycles. The van der Waals surface area contributed by atoms with E-state index in [2.05, 4.69) is 0 Å². The van der Waals surface area contributed by atoms with Crippen molar-refractivity contribution in [2.75, 3.05) is 13.7 Å². The molecule has 0 radical (unpaired) electrons. The predicted molar refractivity (Wildman–Crippen MR) is 64.2 cm³/mol. The number of benzene rings is 1. The Balaban J connectivity index is 2.55. The van der Waals surface area contributed by atoms with E-state index in [1.165, 1.54) is 7.11 Å². The van der Waals surface area contributed by atoms with Crippen LogP contribution in [0.4, 0.5) is 0 Å². The van der Waals surface area contributed by atoms with Crippen molar-refractivity contribution < 1.29 is 14.3 Å². The lowest BCUT2D eigenvalue weighted by molar-refractivity contribution is -0.108. The van der Waals surface area contributed by atoms with Crippen LogP contribution in [0, 0.1) is 0 Å². The molecule has 0 saturated heterocycles. The van der Waals surface area contributed by atoms with Crippen molar-refractivity contribution >= 4 is 23.0 Å². The maximum atomic E-state index is 11.8. The number of Topliss-reactive ketones (excluding diaryl/α,β-unsaturated/α-hetero) is 1. The van der Waals surface area contributed by atoms with E-state index in [0.29, 0.717) is 5.56 Å². The molecule has 17 heavy (non-hydrogen) atoms. The largest absolute Gasteiger partial charge is 0.377 e. The van der Waals surface area contributed by atoms with Crippen LogP contribution in [0.3, 0.4) is 0 Å². The van der Waals surface area contributed by atoms with E-state index in [0.717, 1.165) is 17.2 Å². The van der Waals surface area contributed by atoms with Gasteiger partial charge in [-0.05, 0) is 6.07 Å². The van der Waals surface area contributed by atoms with Gasteiger partial charge in [0.1, 0.15) is 12.9 Å². The van der Waals surface area contributed by atoms with E-state index in [9.17, 15) is 9.59 Å². The number of aromatic nitrogens is 1. The van der Waals surface area contributed by atoms with Gasteiger partial charge in [0.2, 0.25) is 0 Å². The molecule has 0 atom stereocenters. The predicted octanol–water partition coefficient (Wildman–Crippen LogP) is 1.67. The van der Waals surface area contributed by atoms with Gasteiger partial charge in [-0.25, -0.2) is 0 Å². The number of fused-ring (bicyclic) bond motifs is 1. The zero-order chi connectivity index (χ0) is 12.3. The second-order valence-electron chi connectivity index (χ2n) is 3.74. The van der Waals surface area contributed by atoms with Crippen LogP contribution in [0.1, 0.15) is 10.4 Å². The maximum Gasteiger partial charge on any atom is 0.190 e. The molecule has 0 bridgehead atoms. The van der Waals surface area contributed by atoms with Crippen LogP contribution < -0.4 is 0 Å². The van der Waals surface area contributed by atoms with Crippen molar-refractivity contribution in [2.24, 2.45) is 0 Å². The van der Waals surface area contributed by atoms with Crippen molar-refractivity contribution in [1.29, 1.82) is 0 Å². The van der Waals surface area contributed by atoms with Crippen molar-refractivity contribution in [2.45, 2.75) is 6.54 Å². The summed E-state index contributed by atoms with van der Waals surface area (Å²) in [4.78, 5) is 22.4. The van der Waals surface area contributed by atoms with Crippen LogP contribution in [0.25, 0.3) is 10.9 Å². The van der Waals surface area contributed by atoms with Crippen LogP contribution in [0.2, 0.25) is 0 Å². The van der Waals surface area contributed by atoms with E-state index >= 15 is 0 Å². The van der Waals surface area contributed by atoms with Gasteiger partial charge in [-0.2, -0.15) is 0 Å². The van der Waals surface area contributed by atoms with Gasteiger partial charge in [0.25, 0.3) is 0 Å². The van der Waals surface area contributed by atoms with Crippen LogP contribution in [0.5, 0.6) is 0 Å². The smallest absolute Gasteiger partial charge is 0.190 e. The molecule has 0 spiro atoms. The van der Waals surface area contributed by atoms with E-state index in [-0.39, 0.29) is 18.9 Å². The van der Waals surface area contributed by atoms with Crippen LogP contribution in [-0.2, 0) is 16.1 Å². The fraction of sp³-hybridized carbons (Fsp3) is 0.231.